The summed E-state index contributed by atoms with van der Waals surface area (Å²) >= 11 is 12.2. The van der Waals surface area contributed by atoms with Crippen LogP contribution in [-0.2, 0) is 16.3 Å². The highest BCUT2D eigenvalue weighted by Gasteiger charge is 2.33. The maximum Gasteiger partial charge on any atom is 0.150 e. The largest absolute Gasteiger partial charge is 0.330 e. The lowest BCUT2D eigenvalue weighted by Crippen LogP contribution is -2.26. The van der Waals surface area contributed by atoms with Crippen LogP contribution < -0.4 is 5.73 Å². The van der Waals surface area contributed by atoms with E-state index >= 15 is 0 Å². The predicted octanol–water partition coefficient (Wildman–Crippen LogP) is 2.55. The Hall–Kier alpha value is -0.290. The second kappa shape index (κ2) is 6.00. The maximum atomic E-state index is 11.5. The van der Waals surface area contributed by atoms with Crippen LogP contribution in [0.5, 0.6) is 0 Å². The topological polar surface area (TPSA) is 60.2 Å². The Kier molecular flexibility index (Phi) is 4.77. The van der Waals surface area contributed by atoms with Crippen molar-refractivity contribution in [2.75, 3.05) is 18.1 Å². The molecule has 0 saturated carbocycles. The standard InChI is InChI=1S/C13H17Cl2NO2S/c14-12-3-1-2-9(13(12)15)6-11(7-16)10-4-5-19(17,18)8-10/h1-3,10-11H,4-8,16H2. The number of nitrogens with two attached hydrogens (primary N) is 1. The first-order valence-corrected chi connectivity index (χ1v) is 8.84. The van der Waals surface area contributed by atoms with Crippen molar-refractivity contribution < 1.29 is 8.42 Å². The number of rotatable bonds is 4. The van der Waals surface area contributed by atoms with Crippen LogP contribution in [-0.4, -0.2) is 26.5 Å². The van der Waals surface area contributed by atoms with Gasteiger partial charge in [0.15, 0.2) is 9.84 Å². The predicted molar refractivity (Wildman–Crippen MR) is 79.5 cm³/mol. The third-order valence-corrected chi connectivity index (χ3v) is 6.40. The number of halogens is 2. The van der Waals surface area contributed by atoms with Crippen LogP contribution in [0, 0.1) is 11.8 Å². The summed E-state index contributed by atoms with van der Waals surface area (Å²) in [7, 11) is -2.88. The molecule has 0 amide bonds. The average molecular weight is 322 g/mol. The third-order valence-electron chi connectivity index (χ3n) is 3.75. The molecule has 2 atom stereocenters. The van der Waals surface area contributed by atoms with Gasteiger partial charge in [0.25, 0.3) is 0 Å². The molecular weight excluding hydrogens is 305 g/mol. The summed E-state index contributed by atoms with van der Waals surface area (Å²) in [5.41, 5.74) is 6.75. The number of benzene rings is 1. The van der Waals surface area contributed by atoms with Gasteiger partial charge in [-0.25, -0.2) is 8.42 Å². The van der Waals surface area contributed by atoms with E-state index < -0.39 is 9.84 Å². The van der Waals surface area contributed by atoms with Gasteiger partial charge in [-0.1, -0.05) is 35.3 Å². The van der Waals surface area contributed by atoms with Crippen LogP contribution in [0.15, 0.2) is 18.2 Å². The lowest BCUT2D eigenvalue weighted by Gasteiger charge is -2.21. The van der Waals surface area contributed by atoms with E-state index in [4.69, 9.17) is 28.9 Å². The van der Waals surface area contributed by atoms with E-state index in [-0.39, 0.29) is 23.3 Å². The normalized spacial score (nSPS) is 23.4. The monoisotopic (exact) mass is 321 g/mol. The average Bonchev–Trinajstić information content (AvgIpc) is 2.71. The lowest BCUT2D eigenvalue weighted by atomic mass is 9.86. The van der Waals surface area contributed by atoms with E-state index in [1.165, 1.54) is 0 Å². The Bertz CT molecular complexity index is 560. The molecule has 0 bridgehead atoms. The minimum atomic E-state index is -2.88. The van der Waals surface area contributed by atoms with Crippen LogP contribution in [0.25, 0.3) is 0 Å². The summed E-state index contributed by atoms with van der Waals surface area (Å²) in [6, 6.07) is 5.51. The van der Waals surface area contributed by atoms with Crippen LogP contribution in [0.3, 0.4) is 0 Å². The molecule has 2 rings (SSSR count). The van der Waals surface area contributed by atoms with Gasteiger partial charge in [0, 0.05) is 0 Å². The highest BCUT2D eigenvalue weighted by Crippen LogP contribution is 2.32. The van der Waals surface area contributed by atoms with Gasteiger partial charge in [-0.05, 0) is 42.9 Å². The lowest BCUT2D eigenvalue weighted by molar-refractivity contribution is 0.371. The van der Waals surface area contributed by atoms with Gasteiger partial charge in [0.05, 0.1) is 21.6 Å². The second-order valence-corrected chi connectivity index (χ2v) is 8.09. The number of hydrogen-bond acceptors (Lipinski definition) is 3. The fourth-order valence-electron chi connectivity index (χ4n) is 2.63. The van der Waals surface area contributed by atoms with E-state index in [0.717, 1.165) is 5.56 Å². The van der Waals surface area contributed by atoms with Crippen molar-refractivity contribution in [1.29, 1.82) is 0 Å². The smallest absolute Gasteiger partial charge is 0.150 e. The highest BCUT2D eigenvalue weighted by atomic mass is 35.5. The van der Waals surface area contributed by atoms with Gasteiger partial charge in [-0.3, -0.25) is 0 Å². The molecule has 1 aromatic carbocycles. The summed E-state index contributed by atoms with van der Waals surface area (Å²) in [5.74, 6) is 0.781. The summed E-state index contributed by atoms with van der Waals surface area (Å²) < 4.78 is 23.1. The van der Waals surface area contributed by atoms with E-state index in [9.17, 15) is 8.42 Å². The number of hydrogen-bond donors (Lipinski definition) is 1. The molecule has 2 unspecified atom stereocenters. The van der Waals surface area contributed by atoms with Crippen LogP contribution in [0.1, 0.15) is 12.0 Å². The molecule has 19 heavy (non-hydrogen) atoms. The third kappa shape index (κ3) is 3.63. The van der Waals surface area contributed by atoms with Crippen molar-refractivity contribution in [2.45, 2.75) is 12.8 Å². The molecule has 3 nitrogen and oxygen atoms in total. The summed E-state index contributed by atoms with van der Waals surface area (Å²) in [6.45, 7) is 0.461. The van der Waals surface area contributed by atoms with Crippen LogP contribution in [0.4, 0.5) is 0 Å². The molecule has 6 heteroatoms. The molecule has 0 aromatic heterocycles. The van der Waals surface area contributed by atoms with E-state index in [1.54, 1.807) is 6.07 Å². The Balaban J connectivity index is 2.14. The van der Waals surface area contributed by atoms with Crippen molar-refractivity contribution in [1.82, 2.24) is 0 Å². The van der Waals surface area contributed by atoms with Crippen molar-refractivity contribution in [3.05, 3.63) is 33.8 Å². The van der Waals surface area contributed by atoms with E-state index in [0.29, 0.717) is 29.4 Å². The Morgan fingerprint density at radius 1 is 1.37 bits per heavy atom. The SMILES string of the molecule is NCC(Cc1cccc(Cl)c1Cl)C1CCS(=O)(=O)C1. The Labute approximate surface area is 124 Å². The van der Waals surface area contributed by atoms with Gasteiger partial charge < -0.3 is 5.73 Å². The summed E-state index contributed by atoms with van der Waals surface area (Å²) in [6.07, 6.45) is 1.37. The molecule has 1 heterocycles. The first-order valence-electron chi connectivity index (χ1n) is 6.26. The molecular formula is C13H17Cl2NO2S. The first kappa shape index (κ1) is 15.1. The quantitative estimate of drug-likeness (QED) is 0.927. The molecule has 1 fully saturated rings. The zero-order valence-electron chi connectivity index (χ0n) is 10.5. The second-order valence-electron chi connectivity index (χ2n) is 5.08. The van der Waals surface area contributed by atoms with Gasteiger partial charge in [0.2, 0.25) is 0 Å². The number of sulfone groups is 1. The van der Waals surface area contributed by atoms with Gasteiger partial charge in [-0.15, -0.1) is 0 Å². The molecule has 106 valence electrons. The maximum absolute atomic E-state index is 11.5. The summed E-state index contributed by atoms with van der Waals surface area (Å²) in [5, 5.41) is 1.07. The van der Waals surface area contributed by atoms with Crippen LogP contribution >= 0.6 is 23.2 Å². The highest BCUT2D eigenvalue weighted by molar-refractivity contribution is 7.91. The van der Waals surface area contributed by atoms with Crippen molar-refractivity contribution in [3.63, 3.8) is 0 Å². The fourth-order valence-corrected chi connectivity index (χ4v) is 4.94. The fraction of sp³-hybridized carbons (Fsp3) is 0.538. The van der Waals surface area contributed by atoms with E-state index in [2.05, 4.69) is 0 Å². The minimum absolute atomic E-state index is 0.130. The van der Waals surface area contributed by atoms with Crippen molar-refractivity contribution in [3.8, 4) is 0 Å². The van der Waals surface area contributed by atoms with Crippen molar-refractivity contribution >= 4 is 33.0 Å². The van der Waals surface area contributed by atoms with Gasteiger partial charge in [0.1, 0.15) is 0 Å². The molecule has 0 radical (unpaired) electrons. The molecule has 0 spiro atoms. The molecule has 1 aromatic rings. The summed E-state index contributed by atoms with van der Waals surface area (Å²) in [4.78, 5) is 0. The molecule has 1 saturated heterocycles. The minimum Gasteiger partial charge on any atom is -0.330 e. The van der Waals surface area contributed by atoms with Gasteiger partial charge in [-0.2, -0.15) is 0 Å². The van der Waals surface area contributed by atoms with Crippen molar-refractivity contribution in [2.24, 2.45) is 17.6 Å². The van der Waals surface area contributed by atoms with Gasteiger partial charge >= 0.3 is 0 Å². The first-order chi connectivity index (χ1) is 8.93. The van der Waals surface area contributed by atoms with Crippen LogP contribution in [0.2, 0.25) is 10.0 Å². The Morgan fingerprint density at radius 2 is 2.11 bits per heavy atom. The molecule has 0 aliphatic carbocycles. The molecule has 1 aliphatic rings. The zero-order chi connectivity index (χ0) is 14.0. The molecule has 1 aliphatic heterocycles. The van der Waals surface area contributed by atoms with E-state index in [1.807, 2.05) is 12.1 Å². The zero-order valence-corrected chi connectivity index (χ0v) is 12.8. The Morgan fingerprint density at radius 3 is 2.68 bits per heavy atom. The molecule has 2 N–H and O–H groups in total.